The predicted octanol–water partition coefficient (Wildman–Crippen LogP) is 2.27. The summed E-state index contributed by atoms with van der Waals surface area (Å²) in [5, 5.41) is 0. The number of methoxy groups -OCH3 is 2. The number of benzene rings is 1. The lowest BCUT2D eigenvalue weighted by Crippen LogP contribution is -2.41. The van der Waals surface area contributed by atoms with Crippen molar-refractivity contribution in [2.45, 2.75) is 31.4 Å². The van der Waals surface area contributed by atoms with E-state index in [0.717, 1.165) is 29.9 Å². The van der Waals surface area contributed by atoms with E-state index in [1.807, 2.05) is 18.2 Å². The molecule has 4 nitrogen and oxygen atoms in total. The Hall–Kier alpha value is -1.26. The van der Waals surface area contributed by atoms with Gasteiger partial charge in [0.05, 0.1) is 7.11 Å². The quantitative estimate of drug-likeness (QED) is 0.892. The molecule has 1 aliphatic heterocycles. The van der Waals surface area contributed by atoms with E-state index in [9.17, 15) is 0 Å². The van der Waals surface area contributed by atoms with Gasteiger partial charge in [-0.1, -0.05) is 0 Å². The average Bonchev–Trinajstić information content (AvgIpc) is 2.36. The summed E-state index contributed by atoms with van der Waals surface area (Å²) < 4.78 is 16.4. The molecule has 4 heteroatoms. The molecule has 0 aromatic heterocycles. The summed E-state index contributed by atoms with van der Waals surface area (Å²) in [5.74, 6) is 1.67. The van der Waals surface area contributed by atoms with Gasteiger partial charge in [-0.2, -0.15) is 0 Å². The SMILES string of the molecule is COCCC1(C)C[C@@H](N)c2cc(OC)ccc2O1. The van der Waals surface area contributed by atoms with Gasteiger partial charge in [0.2, 0.25) is 0 Å². The minimum atomic E-state index is -0.253. The smallest absolute Gasteiger partial charge is 0.125 e. The van der Waals surface area contributed by atoms with E-state index in [1.165, 1.54) is 0 Å². The minimum absolute atomic E-state index is 0.0225. The first-order valence-corrected chi connectivity index (χ1v) is 6.19. The van der Waals surface area contributed by atoms with Crippen LogP contribution in [0.4, 0.5) is 0 Å². The van der Waals surface area contributed by atoms with Gasteiger partial charge in [-0.15, -0.1) is 0 Å². The van der Waals surface area contributed by atoms with E-state index >= 15 is 0 Å². The van der Waals surface area contributed by atoms with Gasteiger partial charge in [0.25, 0.3) is 0 Å². The van der Waals surface area contributed by atoms with Crippen LogP contribution in [0.5, 0.6) is 11.5 Å². The molecule has 2 rings (SSSR count). The summed E-state index contributed by atoms with van der Waals surface area (Å²) >= 11 is 0. The largest absolute Gasteiger partial charge is 0.497 e. The van der Waals surface area contributed by atoms with Gasteiger partial charge in [-0.25, -0.2) is 0 Å². The summed E-state index contributed by atoms with van der Waals surface area (Å²) in [7, 11) is 3.35. The molecular weight excluding hydrogens is 230 g/mol. The molecule has 0 radical (unpaired) electrons. The van der Waals surface area contributed by atoms with Crippen LogP contribution in [0, 0.1) is 0 Å². The van der Waals surface area contributed by atoms with Gasteiger partial charge in [0, 0.05) is 38.2 Å². The molecule has 2 N–H and O–H groups in total. The van der Waals surface area contributed by atoms with Crippen molar-refractivity contribution in [3.8, 4) is 11.5 Å². The summed E-state index contributed by atoms with van der Waals surface area (Å²) in [6.45, 7) is 2.76. The van der Waals surface area contributed by atoms with Gasteiger partial charge >= 0.3 is 0 Å². The van der Waals surface area contributed by atoms with Gasteiger partial charge in [0.15, 0.2) is 0 Å². The molecular formula is C14H21NO3. The number of nitrogens with two attached hydrogens (primary N) is 1. The molecule has 0 fully saturated rings. The maximum Gasteiger partial charge on any atom is 0.125 e. The first-order chi connectivity index (χ1) is 8.58. The maximum absolute atomic E-state index is 6.24. The van der Waals surface area contributed by atoms with Crippen LogP contribution in [0.3, 0.4) is 0 Å². The zero-order valence-electron chi connectivity index (χ0n) is 11.2. The summed E-state index contributed by atoms with van der Waals surface area (Å²) in [4.78, 5) is 0. The normalized spacial score (nSPS) is 26.3. The van der Waals surface area contributed by atoms with Crippen molar-refractivity contribution < 1.29 is 14.2 Å². The number of fused-ring (bicyclic) bond motifs is 1. The fourth-order valence-corrected chi connectivity index (χ4v) is 2.39. The number of hydrogen-bond donors (Lipinski definition) is 1. The Kier molecular flexibility index (Phi) is 3.78. The third kappa shape index (κ3) is 2.60. The number of hydrogen-bond acceptors (Lipinski definition) is 4. The topological polar surface area (TPSA) is 53.7 Å². The van der Waals surface area contributed by atoms with Crippen molar-refractivity contribution >= 4 is 0 Å². The molecule has 0 amide bonds. The Morgan fingerprint density at radius 2 is 2.22 bits per heavy atom. The molecule has 1 aliphatic rings. The second kappa shape index (κ2) is 5.16. The Bertz CT molecular complexity index is 422. The third-order valence-electron chi connectivity index (χ3n) is 3.46. The molecule has 1 unspecified atom stereocenters. The highest BCUT2D eigenvalue weighted by molar-refractivity contribution is 5.44. The molecule has 100 valence electrons. The van der Waals surface area contributed by atoms with E-state index in [-0.39, 0.29) is 11.6 Å². The zero-order valence-corrected chi connectivity index (χ0v) is 11.2. The van der Waals surface area contributed by atoms with Crippen molar-refractivity contribution in [1.29, 1.82) is 0 Å². The van der Waals surface area contributed by atoms with Gasteiger partial charge in [0.1, 0.15) is 17.1 Å². The van der Waals surface area contributed by atoms with E-state index in [4.69, 9.17) is 19.9 Å². The van der Waals surface area contributed by atoms with Crippen molar-refractivity contribution in [3.05, 3.63) is 23.8 Å². The maximum atomic E-state index is 6.24. The summed E-state index contributed by atoms with van der Waals surface area (Å²) in [6.07, 6.45) is 1.62. The first-order valence-electron chi connectivity index (χ1n) is 6.19. The Morgan fingerprint density at radius 3 is 2.89 bits per heavy atom. The van der Waals surface area contributed by atoms with E-state index in [2.05, 4.69) is 6.92 Å². The molecule has 0 spiro atoms. The van der Waals surface area contributed by atoms with Gasteiger partial charge in [-0.05, 0) is 25.1 Å². The monoisotopic (exact) mass is 251 g/mol. The van der Waals surface area contributed by atoms with Gasteiger partial charge in [-0.3, -0.25) is 0 Å². The highest BCUT2D eigenvalue weighted by atomic mass is 16.5. The molecule has 1 aromatic rings. The number of ether oxygens (including phenoxy) is 3. The van der Waals surface area contributed by atoms with Crippen LogP contribution < -0.4 is 15.2 Å². The molecule has 2 atom stereocenters. The first kappa shape index (κ1) is 13.2. The van der Waals surface area contributed by atoms with Crippen LogP contribution in [0.1, 0.15) is 31.4 Å². The minimum Gasteiger partial charge on any atom is -0.497 e. The van der Waals surface area contributed by atoms with Crippen LogP contribution >= 0.6 is 0 Å². The van der Waals surface area contributed by atoms with Crippen molar-refractivity contribution in [2.75, 3.05) is 20.8 Å². The second-order valence-electron chi connectivity index (χ2n) is 5.01. The Labute approximate surface area is 108 Å². The molecule has 0 saturated heterocycles. The van der Waals surface area contributed by atoms with Crippen LogP contribution in [0.2, 0.25) is 0 Å². The predicted molar refractivity (Wildman–Crippen MR) is 70.1 cm³/mol. The lowest BCUT2D eigenvalue weighted by atomic mass is 9.87. The highest BCUT2D eigenvalue weighted by Gasteiger charge is 2.35. The fraction of sp³-hybridized carbons (Fsp3) is 0.571. The standard InChI is InChI=1S/C14H21NO3/c1-14(6-7-16-2)9-12(15)11-8-10(17-3)4-5-13(11)18-14/h4-5,8,12H,6-7,9,15H2,1-3H3/t12-,14?/m1/s1. The van der Waals surface area contributed by atoms with Crippen LogP contribution in [-0.2, 0) is 4.74 Å². The van der Waals surface area contributed by atoms with Crippen molar-refractivity contribution in [2.24, 2.45) is 5.73 Å². The Morgan fingerprint density at radius 1 is 1.44 bits per heavy atom. The Balaban J connectivity index is 2.23. The molecule has 0 aliphatic carbocycles. The fourth-order valence-electron chi connectivity index (χ4n) is 2.39. The van der Waals surface area contributed by atoms with Gasteiger partial charge < -0.3 is 19.9 Å². The lowest BCUT2D eigenvalue weighted by Gasteiger charge is -2.38. The molecule has 0 bridgehead atoms. The summed E-state index contributed by atoms with van der Waals surface area (Å²) in [5.41, 5.74) is 7.01. The summed E-state index contributed by atoms with van der Waals surface area (Å²) in [6, 6.07) is 5.76. The molecule has 0 saturated carbocycles. The van der Waals surface area contributed by atoms with Crippen LogP contribution in [-0.4, -0.2) is 26.4 Å². The number of rotatable bonds is 4. The van der Waals surface area contributed by atoms with E-state index < -0.39 is 0 Å². The average molecular weight is 251 g/mol. The van der Waals surface area contributed by atoms with E-state index in [0.29, 0.717) is 6.61 Å². The van der Waals surface area contributed by atoms with Crippen molar-refractivity contribution in [1.82, 2.24) is 0 Å². The van der Waals surface area contributed by atoms with Crippen LogP contribution in [0.25, 0.3) is 0 Å². The molecule has 18 heavy (non-hydrogen) atoms. The van der Waals surface area contributed by atoms with Crippen LogP contribution in [0.15, 0.2) is 18.2 Å². The molecule has 1 heterocycles. The zero-order chi connectivity index (χ0) is 13.2. The van der Waals surface area contributed by atoms with E-state index in [1.54, 1.807) is 14.2 Å². The highest BCUT2D eigenvalue weighted by Crippen LogP contribution is 2.41. The second-order valence-corrected chi connectivity index (χ2v) is 5.01. The van der Waals surface area contributed by atoms with Crippen molar-refractivity contribution in [3.63, 3.8) is 0 Å². The lowest BCUT2D eigenvalue weighted by molar-refractivity contribution is 0.0214. The molecule has 1 aromatic carbocycles. The third-order valence-corrected chi connectivity index (χ3v) is 3.46.